The highest BCUT2D eigenvalue weighted by Crippen LogP contribution is 2.62. The molecule has 0 saturated carbocycles. The molecule has 0 bridgehead atoms. The minimum Gasteiger partial charge on any atom is -0.208 e. The second kappa shape index (κ2) is 13.7. The Hall–Kier alpha value is -7.39. The highest BCUT2D eigenvalue weighted by Gasteiger charge is 2.50. The maximum absolute atomic E-state index is 9.49. The molecule has 58 heavy (non-hydrogen) atoms. The molecule has 5 heteroatoms. The molecule has 0 atom stereocenters. The molecule has 9 aromatic rings. The van der Waals surface area contributed by atoms with Crippen molar-refractivity contribution in [3.8, 4) is 73.6 Å². The third-order valence-corrected chi connectivity index (χ3v) is 12.6. The zero-order valence-corrected chi connectivity index (χ0v) is 32.0. The van der Waals surface area contributed by atoms with Gasteiger partial charge in [0, 0.05) is 26.5 Å². The van der Waals surface area contributed by atoms with Crippen molar-refractivity contribution in [1.82, 2.24) is 15.0 Å². The van der Waals surface area contributed by atoms with Crippen molar-refractivity contribution in [2.24, 2.45) is 0 Å². The normalized spacial score (nSPS) is 12.9. The first-order valence-electron chi connectivity index (χ1n) is 19.3. The van der Waals surface area contributed by atoms with E-state index < -0.39 is 5.41 Å². The molecule has 0 unspecified atom stereocenters. The fraction of sp³-hybridized carbons (Fsp3) is 0.0189. The Kier molecular flexibility index (Phi) is 7.99. The summed E-state index contributed by atoms with van der Waals surface area (Å²) in [6.45, 7) is 0. The van der Waals surface area contributed by atoms with Crippen LogP contribution in [0.15, 0.2) is 204 Å². The molecule has 1 aliphatic heterocycles. The second-order valence-corrected chi connectivity index (χ2v) is 15.8. The molecule has 2 heterocycles. The van der Waals surface area contributed by atoms with Crippen LogP contribution in [0.3, 0.4) is 0 Å². The van der Waals surface area contributed by atoms with Crippen molar-refractivity contribution in [2.75, 3.05) is 0 Å². The van der Waals surface area contributed by atoms with E-state index in [1.807, 2.05) is 90.6 Å². The van der Waals surface area contributed by atoms with Gasteiger partial charge in [0.2, 0.25) is 0 Å². The second-order valence-electron chi connectivity index (χ2n) is 14.7. The van der Waals surface area contributed by atoms with Gasteiger partial charge in [0.25, 0.3) is 0 Å². The van der Waals surface area contributed by atoms with Gasteiger partial charge < -0.3 is 0 Å². The van der Waals surface area contributed by atoms with E-state index in [-0.39, 0.29) is 0 Å². The summed E-state index contributed by atoms with van der Waals surface area (Å²) in [7, 11) is 0. The zero-order valence-electron chi connectivity index (χ0n) is 31.2. The summed E-state index contributed by atoms with van der Waals surface area (Å²) in [5.41, 5.74) is 14.7. The Labute approximate surface area is 341 Å². The molecular weight excluding hydrogens is 725 g/mol. The molecule has 1 aliphatic carbocycles. The van der Waals surface area contributed by atoms with Crippen molar-refractivity contribution in [3.05, 3.63) is 222 Å². The summed E-state index contributed by atoms with van der Waals surface area (Å²) in [6.07, 6.45) is 0. The summed E-state index contributed by atoms with van der Waals surface area (Å²) >= 11 is 1.84. The predicted octanol–water partition coefficient (Wildman–Crippen LogP) is 12.9. The highest BCUT2D eigenvalue weighted by molar-refractivity contribution is 7.99. The number of nitriles is 1. The standard InChI is InChI=1S/C53H32N4S/c54-33-34-12-11-17-39(30-34)35-22-24-36(25-23-35)40-26-28-42-43-29-27-41(52-56-50(37-13-3-1-4-14-37)55-51(57-52)38-15-5-2-6-16-38)32-47(43)53(46(42)31-40)44-18-7-9-20-48(44)58-49-21-10-8-19-45(49)53/h1-32H. The van der Waals surface area contributed by atoms with Crippen LogP contribution in [0.25, 0.3) is 67.5 Å². The summed E-state index contributed by atoms with van der Waals surface area (Å²) < 4.78 is 0. The first kappa shape index (κ1) is 33.9. The fourth-order valence-electron chi connectivity index (χ4n) is 8.78. The van der Waals surface area contributed by atoms with Gasteiger partial charge in [-0.25, -0.2) is 15.0 Å². The van der Waals surface area contributed by atoms with Gasteiger partial charge >= 0.3 is 0 Å². The van der Waals surface area contributed by atoms with Crippen LogP contribution in [-0.2, 0) is 5.41 Å². The van der Waals surface area contributed by atoms with Gasteiger partial charge in [-0.3, -0.25) is 0 Å². The number of fused-ring (bicyclic) bond motifs is 9. The minimum atomic E-state index is -0.593. The van der Waals surface area contributed by atoms with Crippen LogP contribution < -0.4 is 0 Å². The van der Waals surface area contributed by atoms with Gasteiger partial charge in [0.05, 0.1) is 17.0 Å². The predicted molar refractivity (Wildman–Crippen MR) is 233 cm³/mol. The van der Waals surface area contributed by atoms with Gasteiger partial charge in [-0.15, -0.1) is 0 Å². The average Bonchev–Trinajstić information content (AvgIpc) is 3.58. The Morgan fingerprint density at radius 3 is 1.34 bits per heavy atom. The van der Waals surface area contributed by atoms with E-state index >= 15 is 0 Å². The lowest BCUT2D eigenvalue weighted by Crippen LogP contribution is -2.32. The third-order valence-electron chi connectivity index (χ3n) is 11.4. The van der Waals surface area contributed by atoms with Crippen LogP contribution in [0.5, 0.6) is 0 Å². The van der Waals surface area contributed by atoms with Crippen molar-refractivity contribution >= 4 is 11.8 Å². The molecule has 2 aliphatic rings. The van der Waals surface area contributed by atoms with Crippen LogP contribution in [-0.4, -0.2) is 15.0 Å². The molecule has 270 valence electrons. The maximum atomic E-state index is 9.49. The molecular formula is C53H32N4S. The van der Waals surface area contributed by atoms with Crippen molar-refractivity contribution < 1.29 is 0 Å². The lowest BCUT2D eigenvalue weighted by molar-refractivity contribution is 0.722. The highest BCUT2D eigenvalue weighted by atomic mass is 32.2. The van der Waals surface area contributed by atoms with E-state index in [1.54, 1.807) is 0 Å². The molecule has 0 amide bonds. The van der Waals surface area contributed by atoms with E-state index in [0.29, 0.717) is 23.0 Å². The van der Waals surface area contributed by atoms with E-state index in [2.05, 4.69) is 121 Å². The van der Waals surface area contributed by atoms with Crippen molar-refractivity contribution in [1.29, 1.82) is 5.26 Å². The molecule has 1 aromatic heterocycles. The topological polar surface area (TPSA) is 62.5 Å². The summed E-state index contributed by atoms with van der Waals surface area (Å²) in [4.78, 5) is 17.8. The van der Waals surface area contributed by atoms with Gasteiger partial charge in [-0.2, -0.15) is 5.26 Å². The van der Waals surface area contributed by atoms with Gasteiger partial charge in [-0.1, -0.05) is 169 Å². The molecule has 8 aromatic carbocycles. The number of hydrogen-bond donors (Lipinski definition) is 0. The lowest BCUT2D eigenvalue weighted by atomic mass is 9.67. The Balaban J connectivity index is 1.12. The van der Waals surface area contributed by atoms with Crippen LogP contribution >= 0.6 is 11.8 Å². The molecule has 0 N–H and O–H groups in total. The number of hydrogen-bond acceptors (Lipinski definition) is 5. The Bertz CT molecular complexity index is 2990. The van der Waals surface area contributed by atoms with Crippen LogP contribution in [0, 0.1) is 11.3 Å². The monoisotopic (exact) mass is 756 g/mol. The molecule has 4 nitrogen and oxygen atoms in total. The molecule has 0 saturated heterocycles. The number of rotatable bonds is 5. The quantitative estimate of drug-likeness (QED) is 0.175. The molecule has 1 spiro atoms. The van der Waals surface area contributed by atoms with E-state index in [1.165, 1.54) is 43.2 Å². The Morgan fingerprint density at radius 2 is 0.793 bits per heavy atom. The van der Waals surface area contributed by atoms with Crippen LogP contribution in [0.4, 0.5) is 0 Å². The summed E-state index contributed by atoms with van der Waals surface area (Å²) in [5.74, 6) is 1.91. The summed E-state index contributed by atoms with van der Waals surface area (Å²) in [6, 6.07) is 70.5. The number of nitrogens with zero attached hydrogens (tertiary/aromatic N) is 4. The van der Waals surface area contributed by atoms with Gasteiger partial charge in [0.1, 0.15) is 0 Å². The number of aromatic nitrogens is 3. The minimum absolute atomic E-state index is 0.593. The molecule has 0 fully saturated rings. The third kappa shape index (κ3) is 5.42. The lowest BCUT2D eigenvalue weighted by Gasteiger charge is -2.39. The van der Waals surface area contributed by atoms with Gasteiger partial charge in [-0.05, 0) is 92.0 Å². The number of benzene rings is 8. The fourth-order valence-corrected chi connectivity index (χ4v) is 9.97. The van der Waals surface area contributed by atoms with E-state index in [0.717, 1.165) is 38.9 Å². The largest absolute Gasteiger partial charge is 0.208 e. The average molecular weight is 757 g/mol. The van der Waals surface area contributed by atoms with Crippen LogP contribution in [0.2, 0.25) is 0 Å². The first-order valence-corrected chi connectivity index (χ1v) is 20.1. The summed E-state index contributed by atoms with van der Waals surface area (Å²) in [5, 5.41) is 9.49. The maximum Gasteiger partial charge on any atom is 0.164 e. The smallest absolute Gasteiger partial charge is 0.164 e. The zero-order chi connectivity index (χ0) is 38.6. The Morgan fingerprint density at radius 1 is 0.362 bits per heavy atom. The molecule has 0 radical (unpaired) electrons. The van der Waals surface area contributed by atoms with E-state index in [4.69, 9.17) is 15.0 Å². The SMILES string of the molecule is N#Cc1cccc(-c2ccc(-c3ccc4c(c3)C3(c5ccccc5Sc5ccccc53)c3cc(-c5nc(-c6ccccc6)nc(-c6ccccc6)n5)ccc3-4)cc2)c1. The van der Waals surface area contributed by atoms with E-state index in [9.17, 15) is 5.26 Å². The van der Waals surface area contributed by atoms with Crippen molar-refractivity contribution in [2.45, 2.75) is 15.2 Å². The van der Waals surface area contributed by atoms with Crippen molar-refractivity contribution in [3.63, 3.8) is 0 Å². The first-order chi connectivity index (χ1) is 28.7. The molecule has 11 rings (SSSR count). The van der Waals surface area contributed by atoms with Gasteiger partial charge in [0.15, 0.2) is 17.5 Å². The van der Waals surface area contributed by atoms with Crippen LogP contribution in [0.1, 0.15) is 27.8 Å².